The number of hydrogen-bond donors (Lipinski definition) is 0. The molecule has 0 bridgehead atoms. The van der Waals surface area contributed by atoms with Gasteiger partial charge in [-0.1, -0.05) is 17.3 Å². The maximum Gasteiger partial charge on any atom is 0.343 e. The number of nitrogens with zero attached hydrogens (tertiary/aromatic N) is 4. The molecule has 0 fully saturated rings. The average Bonchev–Trinajstić information content (AvgIpc) is 3.15. The first-order valence-corrected chi connectivity index (χ1v) is 10.3. The van der Waals surface area contributed by atoms with Gasteiger partial charge in [0, 0.05) is 13.0 Å². The number of fused-ring (bicyclic) bond motifs is 1. The highest BCUT2D eigenvalue weighted by Gasteiger charge is 2.43. The number of anilines is 2. The lowest BCUT2D eigenvalue weighted by Crippen LogP contribution is -2.50. The number of sulfonamides is 1. The van der Waals surface area contributed by atoms with Crippen LogP contribution in [0.2, 0.25) is 0 Å². The van der Waals surface area contributed by atoms with E-state index >= 15 is 0 Å². The lowest BCUT2D eigenvalue weighted by Gasteiger charge is -2.35. The number of carbonyl (C=O) groups excluding carboxylic acids is 1. The Morgan fingerprint density at radius 2 is 1.80 bits per heavy atom. The van der Waals surface area contributed by atoms with Crippen molar-refractivity contribution in [2.75, 3.05) is 23.4 Å². The van der Waals surface area contributed by atoms with E-state index in [2.05, 4.69) is 10.1 Å². The summed E-state index contributed by atoms with van der Waals surface area (Å²) in [6, 6.07) is 9.91. The lowest BCUT2D eigenvalue weighted by molar-refractivity contribution is 0.253. The summed E-state index contributed by atoms with van der Waals surface area (Å²) in [5.74, 6) is 1.29. The predicted molar refractivity (Wildman–Crippen MR) is 106 cm³/mol. The number of para-hydroxylation sites is 1. The van der Waals surface area contributed by atoms with Crippen molar-refractivity contribution >= 4 is 27.4 Å². The molecular formula is C19H18N4O6S. The molecule has 2 aromatic carbocycles. The van der Waals surface area contributed by atoms with Gasteiger partial charge in [0.25, 0.3) is 10.0 Å². The molecule has 0 aliphatic carbocycles. The first-order valence-electron chi connectivity index (χ1n) is 8.84. The Hall–Kier alpha value is -3.60. The van der Waals surface area contributed by atoms with Crippen molar-refractivity contribution in [1.29, 1.82) is 0 Å². The van der Waals surface area contributed by atoms with E-state index in [0.29, 0.717) is 11.6 Å². The van der Waals surface area contributed by atoms with Gasteiger partial charge in [-0.15, -0.1) is 0 Å². The molecular weight excluding hydrogens is 412 g/mol. The number of hydrogen-bond acceptors (Lipinski definition) is 8. The molecule has 2 amide bonds. The monoisotopic (exact) mass is 430 g/mol. The highest BCUT2D eigenvalue weighted by molar-refractivity contribution is 7.94. The molecule has 0 N–H and O–H groups in total. The summed E-state index contributed by atoms with van der Waals surface area (Å²) < 4.78 is 42.8. The van der Waals surface area contributed by atoms with E-state index in [9.17, 15) is 13.2 Å². The number of ether oxygens (including phenoxy) is 2. The third kappa shape index (κ3) is 3.12. The molecule has 1 aliphatic rings. The Balaban J connectivity index is 1.86. The van der Waals surface area contributed by atoms with Crippen molar-refractivity contribution in [3.8, 4) is 11.5 Å². The van der Waals surface area contributed by atoms with Crippen LogP contribution in [0.4, 0.5) is 16.2 Å². The van der Waals surface area contributed by atoms with Gasteiger partial charge in [0.1, 0.15) is 4.90 Å². The number of aromatic nitrogens is 2. The summed E-state index contributed by atoms with van der Waals surface area (Å²) in [4.78, 5) is 18.8. The number of urea groups is 1. The van der Waals surface area contributed by atoms with Gasteiger partial charge in [-0.05, 0) is 24.3 Å². The van der Waals surface area contributed by atoms with Crippen LogP contribution in [-0.4, -0.2) is 38.8 Å². The number of aryl methyl sites for hydroxylation is 1. The van der Waals surface area contributed by atoms with E-state index in [1.54, 1.807) is 25.1 Å². The Bertz CT molecular complexity index is 1220. The summed E-state index contributed by atoms with van der Waals surface area (Å²) in [6.45, 7) is 1.56. The highest BCUT2D eigenvalue weighted by Crippen LogP contribution is 2.40. The number of rotatable bonds is 5. The summed E-state index contributed by atoms with van der Waals surface area (Å²) in [7, 11) is -1.28. The molecule has 0 unspecified atom stereocenters. The molecule has 0 saturated carbocycles. The van der Waals surface area contributed by atoms with Crippen molar-refractivity contribution in [1.82, 2.24) is 10.1 Å². The zero-order chi connectivity index (χ0) is 21.5. The molecule has 0 atom stereocenters. The molecule has 1 aliphatic heterocycles. The topological polar surface area (TPSA) is 115 Å². The average molecular weight is 430 g/mol. The van der Waals surface area contributed by atoms with E-state index in [1.165, 1.54) is 43.4 Å². The molecule has 0 saturated heterocycles. The van der Waals surface area contributed by atoms with Crippen molar-refractivity contribution in [2.45, 2.75) is 18.4 Å². The molecule has 156 valence electrons. The lowest BCUT2D eigenvalue weighted by atomic mass is 10.2. The van der Waals surface area contributed by atoms with Crippen LogP contribution >= 0.6 is 0 Å². The van der Waals surface area contributed by atoms with Crippen LogP contribution in [0.5, 0.6) is 11.5 Å². The third-order valence-electron chi connectivity index (χ3n) is 4.55. The van der Waals surface area contributed by atoms with E-state index in [0.717, 1.165) is 4.31 Å². The Labute approximate surface area is 172 Å². The van der Waals surface area contributed by atoms with Gasteiger partial charge in [0.15, 0.2) is 17.3 Å². The van der Waals surface area contributed by atoms with Crippen molar-refractivity contribution in [3.05, 3.63) is 54.2 Å². The minimum atomic E-state index is -4.17. The first-order chi connectivity index (χ1) is 14.4. The summed E-state index contributed by atoms with van der Waals surface area (Å²) >= 11 is 0. The van der Waals surface area contributed by atoms with Crippen LogP contribution in [0.25, 0.3) is 0 Å². The standard InChI is InChI=1S/C19H18N4O6S/c1-12-20-18(21-29-12)11-22-14-6-4-5-7-17(14)30(25,26)23(19(22)24)13-8-9-15(27-2)16(10-13)28-3/h4-10H,11H2,1-3H3. The third-order valence-corrected chi connectivity index (χ3v) is 6.30. The van der Waals surface area contributed by atoms with E-state index in [1.807, 2.05) is 0 Å². The molecule has 11 heteroatoms. The van der Waals surface area contributed by atoms with Crippen molar-refractivity contribution in [3.63, 3.8) is 0 Å². The van der Waals surface area contributed by atoms with Gasteiger partial charge in [0.2, 0.25) is 5.89 Å². The minimum absolute atomic E-state index is 0.0143. The zero-order valence-electron chi connectivity index (χ0n) is 16.4. The number of amides is 2. The molecule has 30 heavy (non-hydrogen) atoms. The Morgan fingerprint density at radius 3 is 2.47 bits per heavy atom. The molecule has 4 rings (SSSR count). The van der Waals surface area contributed by atoms with E-state index in [4.69, 9.17) is 14.0 Å². The molecule has 3 aromatic rings. The van der Waals surface area contributed by atoms with Crippen molar-refractivity contribution < 1.29 is 27.2 Å². The Kier molecular flexibility index (Phi) is 4.82. The predicted octanol–water partition coefficient (Wildman–Crippen LogP) is 2.73. The second kappa shape index (κ2) is 7.34. The highest BCUT2D eigenvalue weighted by atomic mass is 32.2. The largest absolute Gasteiger partial charge is 0.493 e. The van der Waals surface area contributed by atoms with Gasteiger partial charge < -0.3 is 14.0 Å². The van der Waals surface area contributed by atoms with E-state index < -0.39 is 16.1 Å². The maximum atomic E-state index is 13.4. The Morgan fingerprint density at radius 1 is 1.07 bits per heavy atom. The molecule has 0 spiro atoms. The van der Waals surface area contributed by atoms with Gasteiger partial charge in [-0.25, -0.2) is 13.2 Å². The SMILES string of the molecule is COc1ccc(N2C(=O)N(Cc3noc(C)n3)c3ccccc3S2(=O)=O)cc1OC. The number of benzene rings is 2. The molecule has 0 radical (unpaired) electrons. The second-order valence-corrected chi connectivity index (χ2v) is 8.13. The van der Waals surface area contributed by atoms with Gasteiger partial charge in [-0.3, -0.25) is 4.90 Å². The van der Waals surface area contributed by atoms with Gasteiger partial charge in [-0.2, -0.15) is 9.29 Å². The van der Waals surface area contributed by atoms with Crippen LogP contribution in [0.1, 0.15) is 11.7 Å². The molecule has 1 aromatic heterocycles. The van der Waals surface area contributed by atoms with Gasteiger partial charge >= 0.3 is 6.03 Å². The summed E-state index contributed by atoms with van der Waals surface area (Å²) in [5, 5.41) is 3.82. The van der Waals surface area contributed by atoms with Crippen LogP contribution in [0.15, 0.2) is 51.9 Å². The molecule has 10 nitrogen and oxygen atoms in total. The number of methoxy groups -OCH3 is 2. The summed E-state index contributed by atoms with van der Waals surface area (Å²) in [6.07, 6.45) is 0. The normalized spacial score (nSPS) is 15.1. The first kappa shape index (κ1) is 19.7. The molecule has 2 heterocycles. The van der Waals surface area contributed by atoms with Crippen LogP contribution in [0, 0.1) is 6.92 Å². The van der Waals surface area contributed by atoms with Crippen LogP contribution in [-0.2, 0) is 16.6 Å². The smallest absolute Gasteiger partial charge is 0.343 e. The van der Waals surface area contributed by atoms with Crippen LogP contribution in [0.3, 0.4) is 0 Å². The maximum absolute atomic E-state index is 13.4. The summed E-state index contributed by atoms with van der Waals surface area (Å²) in [5.41, 5.74) is 0.350. The fourth-order valence-corrected chi connectivity index (χ4v) is 4.80. The van der Waals surface area contributed by atoms with Gasteiger partial charge in [0.05, 0.1) is 32.1 Å². The second-order valence-electron chi connectivity index (χ2n) is 6.37. The number of carbonyl (C=O) groups is 1. The van der Waals surface area contributed by atoms with Crippen LogP contribution < -0.4 is 18.7 Å². The van der Waals surface area contributed by atoms with Crippen molar-refractivity contribution in [2.24, 2.45) is 0 Å². The zero-order valence-corrected chi connectivity index (χ0v) is 17.2. The minimum Gasteiger partial charge on any atom is -0.493 e. The fourth-order valence-electron chi connectivity index (χ4n) is 3.21. The fraction of sp³-hybridized carbons (Fsp3) is 0.211. The quantitative estimate of drug-likeness (QED) is 0.607. The van der Waals surface area contributed by atoms with E-state index in [-0.39, 0.29) is 34.4 Å².